The summed E-state index contributed by atoms with van der Waals surface area (Å²) in [7, 11) is 1.58. The summed E-state index contributed by atoms with van der Waals surface area (Å²) in [5.41, 5.74) is 2.63. The number of aromatic nitrogens is 1. The number of methoxy groups -OCH3 is 1. The molecule has 0 N–H and O–H groups in total. The maximum Gasteiger partial charge on any atom is 0.144 e. The molecule has 0 atom stereocenters. The third kappa shape index (κ3) is 3.08. The van der Waals surface area contributed by atoms with E-state index in [0.29, 0.717) is 15.8 Å². The molecule has 0 radical (unpaired) electrons. The first kappa shape index (κ1) is 14.9. The predicted octanol–water partition coefficient (Wildman–Crippen LogP) is 5.72. The van der Waals surface area contributed by atoms with Gasteiger partial charge in [-0.1, -0.05) is 47.5 Å². The number of pyridine rings is 1. The zero-order valence-electron chi connectivity index (χ0n) is 11.9. The smallest absolute Gasteiger partial charge is 0.144 e. The van der Waals surface area contributed by atoms with Gasteiger partial charge >= 0.3 is 0 Å². The molecule has 110 valence electrons. The lowest BCUT2D eigenvalue weighted by Crippen LogP contribution is -1.89. The Labute approximate surface area is 139 Å². The van der Waals surface area contributed by atoms with Crippen molar-refractivity contribution in [2.45, 2.75) is 0 Å². The highest BCUT2D eigenvalue weighted by molar-refractivity contribution is 6.36. The molecule has 1 aromatic heterocycles. The number of para-hydroxylation sites is 1. The predicted molar refractivity (Wildman–Crippen MR) is 93.7 cm³/mol. The summed E-state index contributed by atoms with van der Waals surface area (Å²) < 4.78 is 5.33. The van der Waals surface area contributed by atoms with E-state index in [2.05, 4.69) is 4.98 Å². The summed E-state index contributed by atoms with van der Waals surface area (Å²) in [6.07, 6.45) is 3.81. The molecule has 0 aliphatic rings. The van der Waals surface area contributed by atoms with Crippen LogP contribution in [-0.4, -0.2) is 12.1 Å². The highest BCUT2D eigenvalue weighted by atomic mass is 35.5. The van der Waals surface area contributed by atoms with Gasteiger partial charge in [-0.3, -0.25) is 0 Å². The molecule has 3 aromatic rings. The number of rotatable bonds is 3. The van der Waals surface area contributed by atoms with Crippen LogP contribution in [0.2, 0.25) is 10.0 Å². The van der Waals surface area contributed by atoms with Crippen LogP contribution in [0.3, 0.4) is 0 Å². The van der Waals surface area contributed by atoms with Crippen LogP contribution in [0.15, 0.2) is 48.5 Å². The first-order valence-corrected chi connectivity index (χ1v) is 7.50. The van der Waals surface area contributed by atoms with E-state index in [-0.39, 0.29) is 0 Å². The fourth-order valence-electron chi connectivity index (χ4n) is 2.27. The van der Waals surface area contributed by atoms with Crippen molar-refractivity contribution in [1.29, 1.82) is 0 Å². The van der Waals surface area contributed by atoms with Crippen molar-refractivity contribution in [1.82, 2.24) is 4.98 Å². The van der Waals surface area contributed by atoms with Crippen molar-refractivity contribution < 1.29 is 4.74 Å². The van der Waals surface area contributed by atoms with Crippen LogP contribution in [0.4, 0.5) is 0 Å². The van der Waals surface area contributed by atoms with Gasteiger partial charge in [0, 0.05) is 16.0 Å². The van der Waals surface area contributed by atoms with Gasteiger partial charge in [0.25, 0.3) is 0 Å². The summed E-state index contributed by atoms with van der Waals surface area (Å²) >= 11 is 12.2. The summed E-state index contributed by atoms with van der Waals surface area (Å²) in [6.45, 7) is 0. The van der Waals surface area contributed by atoms with Gasteiger partial charge in [-0.25, -0.2) is 4.98 Å². The van der Waals surface area contributed by atoms with Crippen LogP contribution in [0.25, 0.3) is 23.1 Å². The van der Waals surface area contributed by atoms with Gasteiger partial charge in [0.15, 0.2) is 0 Å². The Morgan fingerprint density at radius 1 is 1.00 bits per heavy atom. The van der Waals surface area contributed by atoms with Gasteiger partial charge in [0.05, 0.1) is 23.3 Å². The molecule has 0 aliphatic heterocycles. The monoisotopic (exact) mass is 329 g/mol. The molecule has 0 saturated carbocycles. The third-order valence-corrected chi connectivity index (χ3v) is 3.79. The topological polar surface area (TPSA) is 22.1 Å². The van der Waals surface area contributed by atoms with Crippen LogP contribution in [0, 0.1) is 0 Å². The van der Waals surface area contributed by atoms with E-state index in [1.165, 1.54) is 0 Å². The second kappa shape index (κ2) is 6.39. The molecule has 0 saturated heterocycles. The molecule has 0 bridgehead atoms. The van der Waals surface area contributed by atoms with E-state index in [1.54, 1.807) is 13.2 Å². The Morgan fingerprint density at radius 2 is 1.82 bits per heavy atom. The molecule has 22 heavy (non-hydrogen) atoms. The molecule has 0 amide bonds. The number of benzene rings is 2. The molecule has 3 rings (SSSR count). The number of hydrogen-bond donors (Lipinski definition) is 0. The zero-order valence-corrected chi connectivity index (χ0v) is 13.4. The second-order valence-corrected chi connectivity index (χ2v) is 5.62. The number of ether oxygens (including phenoxy) is 1. The van der Waals surface area contributed by atoms with Gasteiger partial charge in [-0.05, 0) is 36.4 Å². The van der Waals surface area contributed by atoms with Crippen LogP contribution in [0.1, 0.15) is 11.3 Å². The largest absolute Gasteiger partial charge is 0.495 e. The Balaban J connectivity index is 1.99. The van der Waals surface area contributed by atoms with Crippen LogP contribution < -0.4 is 4.74 Å². The second-order valence-electron chi connectivity index (χ2n) is 4.77. The zero-order chi connectivity index (χ0) is 15.5. The normalized spacial score (nSPS) is 11.2. The van der Waals surface area contributed by atoms with Gasteiger partial charge in [0.2, 0.25) is 0 Å². The van der Waals surface area contributed by atoms with E-state index < -0.39 is 0 Å². The molecule has 0 spiro atoms. The van der Waals surface area contributed by atoms with Crippen molar-refractivity contribution in [3.63, 3.8) is 0 Å². The highest BCUT2D eigenvalue weighted by Gasteiger charge is 2.07. The number of fused-ring (bicyclic) bond motifs is 1. The highest BCUT2D eigenvalue weighted by Crippen LogP contribution is 2.33. The Kier molecular flexibility index (Phi) is 4.32. The Morgan fingerprint density at radius 3 is 2.64 bits per heavy atom. The van der Waals surface area contributed by atoms with E-state index in [9.17, 15) is 0 Å². The summed E-state index contributed by atoms with van der Waals surface area (Å²) in [6, 6.07) is 15.5. The molecule has 0 aliphatic carbocycles. The lowest BCUT2D eigenvalue weighted by molar-refractivity contribution is 0.414. The van der Waals surface area contributed by atoms with Crippen molar-refractivity contribution in [2.75, 3.05) is 7.11 Å². The van der Waals surface area contributed by atoms with Gasteiger partial charge in [-0.15, -0.1) is 0 Å². The average Bonchev–Trinajstić information content (AvgIpc) is 2.52. The molecule has 2 nitrogen and oxygen atoms in total. The SMILES string of the molecule is COc1c(Cl)cc(Cl)cc1/C=C/c1ccc2ccccc2n1. The minimum Gasteiger partial charge on any atom is -0.495 e. The maximum absolute atomic E-state index is 6.14. The van der Waals surface area contributed by atoms with Crippen molar-refractivity contribution in [3.05, 3.63) is 69.8 Å². The van der Waals surface area contributed by atoms with Crippen LogP contribution >= 0.6 is 23.2 Å². The molecule has 0 unspecified atom stereocenters. The number of hydrogen-bond acceptors (Lipinski definition) is 2. The summed E-state index contributed by atoms with van der Waals surface area (Å²) in [5.74, 6) is 0.600. The number of halogens is 2. The van der Waals surface area contributed by atoms with Gasteiger partial charge < -0.3 is 4.74 Å². The standard InChI is InChI=1S/C18H13Cl2NO/c1-22-18-13(10-14(19)11-16(18)20)7-9-15-8-6-12-4-2-3-5-17(12)21-15/h2-11H,1H3/b9-7+. The summed E-state index contributed by atoms with van der Waals surface area (Å²) in [5, 5.41) is 2.17. The molecule has 1 heterocycles. The lowest BCUT2D eigenvalue weighted by atomic mass is 10.1. The fraction of sp³-hybridized carbons (Fsp3) is 0.0556. The van der Waals surface area contributed by atoms with E-state index in [4.69, 9.17) is 27.9 Å². The van der Waals surface area contributed by atoms with Gasteiger partial charge in [-0.2, -0.15) is 0 Å². The average molecular weight is 330 g/mol. The Bertz CT molecular complexity index is 859. The first-order valence-electron chi connectivity index (χ1n) is 6.74. The molecule has 4 heteroatoms. The molecular weight excluding hydrogens is 317 g/mol. The first-order chi connectivity index (χ1) is 10.7. The third-order valence-electron chi connectivity index (χ3n) is 3.29. The van der Waals surface area contributed by atoms with Crippen LogP contribution in [-0.2, 0) is 0 Å². The van der Waals surface area contributed by atoms with E-state index in [0.717, 1.165) is 22.2 Å². The van der Waals surface area contributed by atoms with Crippen molar-refractivity contribution in [2.24, 2.45) is 0 Å². The quantitative estimate of drug-likeness (QED) is 0.613. The maximum atomic E-state index is 6.14. The molecule has 0 fully saturated rings. The summed E-state index contributed by atoms with van der Waals surface area (Å²) in [4.78, 5) is 4.60. The van der Waals surface area contributed by atoms with Gasteiger partial charge in [0.1, 0.15) is 5.75 Å². The lowest BCUT2D eigenvalue weighted by Gasteiger charge is -2.07. The van der Waals surface area contributed by atoms with E-state index >= 15 is 0 Å². The van der Waals surface area contributed by atoms with Crippen LogP contribution in [0.5, 0.6) is 5.75 Å². The molecule has 2 aromatic carbocycles. The Hall–Kier alpha value is -2.03. The fourth-order valence-corrected chi connectivity index (χ4v) is 2.86. The van der Waals surface area contributed by atoms with Crippen molar-refractivity contribution >= 4 is 46.3 Å². The number of nitrogens with zero attached hydrogens (tertiary/aromatic N) is 1. The van der Waals surface area contributed by atoms with Crippen molar-refractivity contribution in [3.8, 4) is 5.75 Å². The minimum absolute atomic E-state index is 0.487. The minimum atomic E-state index is 0.487. The molecular formula is C18H13Cl2NO. The van der Waals surface area contributed by atoms with E-state index in [1.807, 2.05) is 54.6 Å².